The first kappa shape index (κ1) is 15.8. The molecule has 1 aromatic rings. The summed E-state index contributed by atoms with van der Waals surface area (Å²) in [5.74, 6) is -0.0590. The molecule has 0 saturated carbocycles. The predicted octanol–water partition coefficient (Wildman–Crippen LogP) is 0.910. The van der Waals surface area contributed by atoms with E-state index in [9.17, 15) is 14.7 Å². The second-order valence-corrected chi connectivity index (χ2v) is 8.51. The summed E-state index contributed by atoms with van der Waals surface area (Å²) < 4.78 is 0.873. The Morgan fingerprint density at radius 2 is 2.32 bits per heavy atom. The molecule has 0 bridgehead atoms. The number of nitrogens with two attached hydrogens (primary N) is 1. The zero-order chi connectivity index (χ0) is 15.9. The number of carboxylic acid groups (broad SMARTS) is 1. The molecule has 2 aliphatic rings. The van der Waals surface area contributed by atoms with Crippen molar-refractivity contribution < 1.29 is 14.7 Å². The van der Waals surface area contributed by atoms with Crippen molar-refractivity contribution in [1.82, 2.24) is 15.1 Å². The standard InChI is InChI=1S/C12H14N4O3S3/c1-5-14-15-12(22-5)20-3-2-6-4-21-10-7(13)9(17)16(10)8(6)11(18)19/h7,10H,2-4,13H2,1H3,(H,18,19)/t7?,10-/m1/s1. The van der Waals surface area contributed by atoms with Crippen LogP contribution in [0.15, 0.2) is 15.6 Å². The molecular weight excluding hydrogens is 344 g/mol. The number of rotatable bonds is 5. The van der Waals surface area contributed by atoms with E-state index in [1.165, 1.54) is 28.0 Å². The molecule has 3 heterocycles. The monoisotopic (exact) mass is 358 g/mol. The van der Waals surface area contributed by atoms with Crippen molar-refractivity contribution in [1.29, 1.82) is 0 Å². The Kier molecular flexibility index (Phi) is 4.44. The van der Waals surface area contributed by atoms with E-state index in [2.05, 4.69) is 10.2 Å². The minimum absolute atomic E-state index is 0.115. The first-order valence-corrected chi connectivity index (χ1v) is 9.42. The molecule has 22 heavy (non-hydrogen) atoms. The number of carbonyl (C=O) groups is 2. The van der Waals surface area contributed by atoms with Crippen LogP contribution in [0.2, 0.25) is 0 Å². The summed E-state index contributed by atoms with van der Waals surface area (Å²) in [6.45, 7) is 1.89. The minimum Gasteiger partial charge on any atom is -0.477 e. The number of hydrogen-bond acceptors (Lipinski definition) is 8. The molecule has 0 aromatic carbocycles. The number of β-lactam (4-membered cyclic amide) rings is 1. The second kappa shape index (κ2) is 6.19. The first-order chi connectivity index (χ1) is 10.5. The highest BCUT2D eigenvalue weighted by atomic mass is 32.2. The lowest BCUT2D eigenvalue weighted by Gasteiger charge is -2.48. The summed E-state index contributed by atoms with van der Waals surface area (Å²) in [5.41, 5.74) is 6.61. The molecule has 1 unspecified atom stereocenters. The maximum absolute atomic E-state index is 11.8. The van der Waals surface area contributed by atoms with Crippen LogP contribution in [0, 0.1) is 6.92 Å². The number of carboxylic acids is 1. The zero-order valence-corrected chi connectivity index (χ0v) is 14.1. The highest BCUT2D eigenvalue weighted by molar-refractivity contribution is 8.01. The van der Waals surface area contributed by atoms with Crippen LogP contribution in [0.5, 0.6) is 0 Å². The molecule has 2 atom stereocenters. The van der Waals surface area contributed by atoms with Gasteiger partial charge in [-0.05, 0) is 18.9 Å². The Morgan fingerprint density at radius 3 is 2.95 bits per heavy atom. The van der Waals surface area contributed by atoms with Crippen molar-refractivity contribution in [3.8, 4) is 0 Å². The lowest BCUT2D eigenvalue weighted by molar-refractivity contribution is -0.148. The third-order valence-corrected chi connectivity index (χ3v) is 6.76. The molecule has 0 aliphatic carbocycles. The fraction of sp³-hybridized carbons (Fsp3) is 0.500. The number of amides is 1. The Morgan fingerprint density at radius 1 is 1.55 bits per heavy atom. The van der Waals surface area contributed by atoms with Gasteiger partial charge in [0.15, 0.2) is 4.34 Å². The van der Waals surface area contributed by atoms with Crippen molar-refractivity contribution in [2.75, 3.05) is 11.5 Å². The molecule has 0 spiro atoms. The van der Waals surface area contributed by atoms with Crippen LogP contribution in [0.1, 0.15) is 11.4 Å². The summed E-state index contributed by atoms with van der Waals surface area (Å²) in [7, 11) is 0. The van der Waals surface area contributed by atoms with Crippen molar-refractivity contribution in [3.05, 3.63) is 16.3 Å². The van der Waals surface area contributed by atoms with Crippen LogP contribution >= 0.6 is 34.9 Å². The fourth-order valence-corrected chi connectivity index (χ4v) is 5.59. The third kappa shape index (κ3) is 2.75. The molecule has 1 aromatic heterocycles. The molecule has 7 nitrogen and oxygen atoms in total. The van der Waals surface area contributed by atoms with Gasteiger partial charge in [-0.25, -0.2) is 4.79 Å². The fourth-order valence-electron chi connectivity index (χ4n) is 2.37. The van der Waals surface area contributed by atoms with Crippen molar-refractivity contribution in [2.24, 2.45) is 5.73 Å². The molecule has 1 saturated heterocycles. The van der Waals surface area contributed by atoms with E-state index in [4.69, 9.17) is 5.73 Å². The lowest BCUT2D eigenvalue weighted by Crippen LogP contribution is -2.68. The van der Waals surface area contributed by atoms with Crippen molar-refractivity contribution in [3.63, 3.8) is 0 Å². The van der Waals surface area contributed by atoms with Gasteiger partial charge in [0.1, 0.15) is 22.1 Å². The smallest absolute Gasteiger partial charge is 0.352 e. The second-order valence-electron chi connectivity index (χ2n) is 4.88. The number of aliphatic carboxylic acids is 1. The molecule has 3 N–H and O–H groups in total. The van der Waals surface area contributed by atoms with Gasteiger partial charge >= 0.3 is 5.97 Å². The van der Waals surface area contributed by atoms with E-state index in [1.807, 2.05) is 6.92 Å². The number of thioether (sulfide) groups is 2. The Bertz CT molecular complexity index is 660. The molecule has 2 aliphatic heterocycles. The SMILES string of the molecule is Cc1nnc(SCCC2=C(C(=O)O)N3C(=O)C(N)[C@H]3SC2)s1. The highest BCUT2D eigenvalue weighted by Crippen LogP contribution is 2.40. The zero-order valence-electron chi connectivity index (χ0n) is 11.7. The van der Waals surface area contributed by atoms with Gasteiger partial charge in [-0.3, -0.25) is 9.69 Å². The molecule has 0 radical (unpaired) electrons. The molecule has 1 fully saturated rings. The van der Waals surface area contributed by atoms with Gasteiger partial charge in [-0.1, -0.05) is 23.1 Å². The van der Waals surface area contributed by atoms with Crippen molar-refractivity contribution in [2.45, 2.75) is 29.1 Å². The maximum atomic E-state index is 11.8. The van der Waals surface area contributed by atoms with Gasteiger partial charge in [0.05, 0.1) is 0 Å². The third-order valence-electron chi connectivity index (χ3n) is 3.43. The summed E-state index contributed by atoms with van der Waals surface area (Å²) in [4.78, 5) is 24.7. The number of aryl methyl sites for hydroxylation is 1. The van der Waals surface area contributed by atoms with E-state index in [0.29, 0.717) is 17.9 Å². The van der Waals surface area contributed by atoms with Crippen LogP contribution in [0.3, 0.4) is 0 Å². The topological polar surface area (TPSA) is 109 Å². The van der Waals surface area contributed by atoms with E-state index in [1.54, 1.807) is 11.8 Å². The van der Waals surface area contributed by atoms with Gasteiger partial charge in [0.2, 0.25) is 5.91 Å². The maximum Gasteiger partial charge on any atom is 0.352 e. The Hall–Kier alpha value is -1.10. The Balaban J connectivity index is 1.70. The van der Waals surface area contributed by atoms with Crippen molar-refractivity contribution >= 4 is 46.7 Å². The van der Waals surface area contributed by atoms with Gasteiger partial charge in [-0.15, -0.1) is 22.0 Å². The van der Waals surface area contributed by atoms with Gasteiger partial charge < -0.3 is 10.8 Å². The van der Waals surface area contributed by atoms with Gasteiger partial charge in [0.25, 0.3) is 0 Å². The quantitative estimate of drug-likeness (QED) is 0.590. The lowest BCUT2D eigenvalue weighted by atomic mass is 10.0. The Labute approximate surface area is 139 Å². The first-order valence-electron chi connectivity index (χ1n) is 6.57. The molecular formula is C12H14N4O3S3. The van der Waals surface area contributed by atoms with Gasteiger partial charge in [0, 0.05) is 11.5 Å². The largest absolute Gasteiger partial charge is 0.477 e. The van der Waals surface area contributed by atoms with Crippen LogP contribution in [-0.2, 0) is 9.59 Å². The minimum atomic E-state index is -1.06. The molecule has 10 heteroatoms. The van der Waals surface area contributed by atoms with Gasteiger partial charge in [-0.2, -0.15) is 0 Å². The number of aromatic nitrogens is 2. The van der Waals surface area contributed by atoms with E-state index in [-0.39, 0.29) is 17.0 Å². The number of nitrogens with zero attached hydrogens (tertiary/aromatic N) is 3. The van der Waals surface area contributed by atoms with E-state index >= 15 is 0 Å². The van der Waals surface area contributed by atoms with E-state index < -0.39 is 12.0 Å². The summed E-state index contributed by atoms with van der Waals surface area (Å²) >= 11 is 4.60. The van der Waals surface area contributed by atoms with Crippen LogP contribution in [0.25, 0.3) is 0 Å². The summed E-state index contributed by atoms with van der Waals surface area (Å²) in [5, 5.41) is 18.1. The molecule has 1 amide bonds. The van der Waals surface area contributed by atoms with E-state index in [0.717, 1.165) is 14.9 Å². The molecule has 3 rings (SSSR count). The molecule has 118 valence electrons. The van der Waals surface area contributed by atoms with Crippen LogP contribution < -0.4 is 5.73 Å². The number of hydrogen-bond donors (Lipinski definition) is 2. The highest BCUT2D eigenvalue weighted by Gasteiger charge is 2.51. The number of fused-ring (bicyclic) bond motifs is 1. The number of carbonyl (C=O) groups excluding carboxylic acids is 1. The average Bonchev–Trinajstić information content (AvgIpc) is 2.91. The van der Waals surface area contributed by atoms with Crippen LogP contribution in [-0.4, -0.2) is 55.0 Å². The normalized spacial score (nSPS) is 24.3. The average molecular weight is 358 g/mol. The van der Waals surface area contributed by atoms with Crippen LogP contribution in [0.4, 0.5) is 0 Å². The summed E-state index contributed by atoms with van der Waals surface area (Å²) in [6.07, 6.45) is 0.601. The predicted molar refractivity (Wildman–Crippen MR) is 85.7 cm³/mol. The summed E-state index contributed by atoms with van der Waals surface area (Å²) in [6, 6.07) is -0.584.